The largest absolute Gasteiger partial charge is 0.343 e. The van der Waals surface area contributed by atoms with Crippen LogP contribution in [-0.4, -0.2) is 52.0 Å². The van der Waals surface area contributed by atoms with Crippen LogP contribution in [0.2, 0.25) is 0 Å². The van der Waals surface area contributed by atoms with Crippen molar-refractivity contribution in [1.29, 1.82) is 0 Å². The van der Waals surface area contributed by atoms with E-state index in [0.717, 1.165) is 44.6 Å². The summed E-state index contributed by atoms with van der Waals surface area (Å²) in [6, 6.07) is 9.81. The maximum absolute atomic E-state index is 12.6. The second kappa shape index (κ2) is 8.25. The molecular weight excluding hydrogens is 316 g/mol. The van der Waals surface area contributed by atoms with Crippen LogP contribution < -0.4 is 0 Å². The molecule has 0 spiro atoms. The third-order valence-electron chi connectivity index (χ3n) is 4.79. The number of hydrogen-bond acceptors (Lipinski definition) is 5. The molecule has 1 aromatic carbocycles. The maximum atomic E-state index is 12.6. The van der Waals surface area contributed by atoms with Gasteiger partial charge < -0.3 is 9.42 Å². The van der Waals surface area contributed by atoms with Crippen molar-refractivity contribution >= 4 is 5.91 Å². The van der Waals surface area contributed by atoms with Gasteiger partial charge in [-0.3, -0.25) is 9.69 Å². The number of carbonyl (C=O) groups is 1. The van der Waals surface area contributed by atoms with E-state index in [1.54, 1.807) is 0 Å². The lowest BCUT2D eigenvalue weighted by molar-refractivity contribution is -0.137. The maximum Gasteiger partial charge on any atom is 0.241 e. The molecule has 25 heavy (non-hydrogen) atoms. The summed E-state index contributed by atoms with van der Waals surface area (Å²) in [5.41, 5.74) is 0.950. The molecule has 1 amide bonds. The Hall–Kier alpha value is -2.21. The summed E-state index contributed by atoms with van der Waals surface area (Å²) in [5.74, 6) is 1.56. The van der Waals surface area contributed by atoms with Gasteiger partial charge in [-0.25, -0.2) is 0 Å². The van der Waals surface area contributed by atoms with Crippen LogP contribution in [0.25, 0.3) is 11.4 Å². The molecule has 6 nitrogen and oxygen atoms in total. The Labute approximate surface area is 148 Å². The minimum Gasteiger partial charge on any atom is -0.343 e. The van der Waals surface area contributed by atoms with E-state index in [1.165, 1.54) is 0 Å². The smallest absolute Gasteiger partial charge is 0.241 e. The van der Waals surface area contributed by atoms with Crippen LogP contribution in [0.5, 0.6) is 0 Å². The van der Waals surface area contributed by atoms with E-state index in [0.29, 0.717) is 18.3 Å². The highest BCUT2D eigenvalue weighted by Gasteiger charge is 2.29. The molecule has 134 valence electrons. The molecule has 0 aliphatic carbocycles. The molecule has 1 aromatic heterocycles. The van der Waals surface area contributed by atoms with Gasteiger partial charge in [0.2, 0.25) is 17.6 Å². The number of piperidine rings is 1. The van der Waals surface area contributed by atoms with Crippen molar-refractivity contribution < 1.29 is 9.32 Å². The monoisotopic (exact) mass is 342 g/mol. The van der Waals surface area contributed by atoms with Gasteiger partial charge in [0.05, 0.1) is 12.5 Å². The van der Waals surface area contributed by atoms with Gasteiger partial charge in [0.15, 0.2) is 0 Å². The molecule has 1 aliphatic heterocycles. The Kier molecular flexibility index (Phi) is 5.81. The number of rotatable bonds is 6. The number of likely N-dealkylation sites (tertiary alicyclic amines) is 1. The first-order valence-corrected chi connectivity index (χ1v) is 9.10. The topological polar surface area (TPSA) is 62.5 Å². The predicted octanol–water partition coefficient (Wildman–Crippen LogP) is 2.82. The number of amides is 1. The fourth-order valence-corrected chi connectivity index (χ4v) is 3.41. The van der Waals surface area contributed by atoms with Gasteiger partial charge in [0, 0.05) is 25.2 Å². The molecule has 1 atom stereocenters. The lowest BCUT2D eigenvalue weighted by Gasteiger charge is -2.33. The summed E-state index contributed by atoms with van der Waals surface area (Å²) in [6.07, 6.45) is 1.99. The zero-order valence-electron chi connectivity index (χ0n) is 15.0. The van der Waals surface area contributed by atoms with Gasteiger partial charge in [0.25, 0.3) is 0 Å². The van der Waals surface area contributed by atoms with E-state index >= 15 is 0 Å². The van der Waals surface area contributed by atoms with E-state index in [9.17, 15) is 4.79 Å². The van der Waals surface area contributed by atoms with Crippen LogP contribution in [0.4, 0.5) is 0 Å². The molecule has 0 N–H and O–H groups in total. The van der Waals surface area contributed by atoms with Crippen molar-refractivity contribution in [1.82, 2.24) is 19.9 Å². The van der Waals surface area contributed by atoms with Crippen molar-refractivity contribution in [3.8, 4) is 11.4 Å². The number of carbonyl (C=O) groups excluding carboxylic acids is 1. The quantitative estimate of drug-likeness (QED) is 0.808. The van der Waals surface area contributed by atoms with E-state index in [2.05, 4.69) is 15.0 Å². The summed E-state index contributed by atoms with van der Waals surface area (Å²) >= 11 is 0. The van der Waals surface area contributed by atoms with E-state index in [-0.39, 0.29) is 11.8 Å². The Morgan fingerprint density at radius 1 is 1.28 bits per heavy atom. The van der Waals surface area contributed by atoms with Gasteiger partial charge in [-0.05, 0) is 33.2 Å². The molecule has 0 radical (unpaired) electrons. The highest BCUT2D eigenvalue weighted by molar-refractivity contribution is 5.79. The minimum absolute atomic E-state index is 0.0742. The first-order valence-electron chi connectivity index (χ1n) is 9.10. The fraction of sp³-hybridized carbons (Fsp3) is 0.526. The number of hydrogen-bond donors (Lipinski definition) is 0. The molecule has 0 saturated carbocycles. The summed E-state index contributed by atoms with van der Waals surface area (Å²) in [5, 5.41) is 4.07. The molecule has 2 heterocycles. The zero-order valence-corrected chi connectivity index (χ0v) is 15.0. The Morgan fingerprint density at radius 2 is 2.04 bits per heavy atom. The van der Waals surface area contributed by atoms with E-state index in [4.69, 9.17) is 4.52 Å². The molecule has 0 unspecified atom stereocenters. The minimum atomic E-state index is 0.0742. The first kappa shape index (κ1) is 17.6. The average Bonchev–Trinajstić information content (AvgIpc) is 3.12. The van der Waals surface area contributed by atoms with Crippen LogP contribution in [0.1, 0.15) is 32.6 Å². The summed E-state index contributed by atoms with van der Waals surface area (Å²) in [4.78, 5) is 21.3. The van der Waals surface area contributed by atoms with Crippen molar-refractivity contribution in [2.45, 2.75) is 33.2 Å². The summed E-state index contributed by atoms with van der Waals surface area (Å²) in [6.45, 7) is 7.94. The van der Waals surface area contributed by atoms with Crippen LogP contribution in [0.15, 0.2) is 34.9 Å². The molecule has 6 heteroatoms. The Morgan fingerprint density at radius 3 is 2.76 bits per heavy atom. The highest BCUT2D eigenvalue weighted by atomic mass is 16.5. The number of nitrogens with zero attached hydrogens (tertiary/aromatic N) is 4. The van der Waals surface area contributed by atoms with Crippen LogP contribution in [0, 0.1) is 5.92 Å². The molecule has 1 saturated heterocycles. The number of benzene rings is 1. The SMILES string of the molecule is CCN(CC)C(=O)[C@H]1CCCN(Cc2nc(-c3ccccc3)no2)C1. The molecular formula is C19H26N4O2. The third-order valence-corrected chi connectivity index (χ3v) is 4.79. The van der Waals surface area contributed by atoms with Gasteiger partial charge in [-0.15, -0.1) is 0 Å². The van der Waals surface area contributed by atoms with Gasteiger partial charge in [0.1, 0.15) is 0 Å². The second-order valence-electron chi connectivity index (χ2n) is 6.46. The van der Waals surface area contributed by atoms with Crippen molar-refractivity contribution in [2.75, 3.05) is 26.2 Å². The predicted molar refractivity (Wildman–Crippen MR) is 95.7 cm³/mol. The molecule has 1 aliphatic rings. The van der Waals surface area contributed by atoms with Gasteiger partial charge >= 0.3 is 0 Å². The second-order valence-corrected chi connectivity index (χ2v) is 6.46. The lowest BCUT2D eigenvalue weighted by Crippen LogP contribution is -2.44. The molecule has 2 aromatic rings. The fourth-order valence-electron chi connectivity index (χ4n) is 3.41. The average molecular weight is 342 g/mol. The van der Waals surface area contributed by atoms with E-state index in [1.807, 2.05) is 49.1 Å². The molecule has 1 fully saturated rings. The van der Waals surface area contributed by atoms with E-state index < -0.39 is 0 Å². The molecule has 3 rings (SSSR count). The number of aromatic nitrogens is 2. The third kappa shape index (κ3) is 4.25. The van der Waals surface area contributed by atoms with Crippen molar-refractivity contribution in [2.24, 2.45) is 5.92 Å². The lowest BCUT2D eigenvalue weighted by atomic mass is 9.96. The zero-order chi connectivity index (χ0) is 17.6. The van der Waals surface area contributed by atoms with Crippen LogP contribution >= 0.6 is 0 Å². The van der Waals surface area contributed by atoms with Gasteiger partial charge in [-0.1, -0.05) is 35.5 Å². The summed E-state index contributed by atoms with van der Waals surface area (Å²) < 4.78 is 5.41. The normalized spacial score (nSPS) is 18.2. The van der Waals surface area contributed by atoms with Gasteiger partial charge in [-0.2, -0.15) is 4.98 Å². The first-order chi connectivity index (χ1) is 12.2. The van der Waals surface area contributed by atoms with Crippen molar-refractivity contribution in [3.63, 3.8) is 0 Å². The van der Waals surface area contributed by atoms with Crippen LogP contribution in [-0.2, 0) is 11.3 Å². The van der Waals surface area contributed by atoms with Crippen molar-refractivity contribution in [3.05, 3.63) is 36.2 Å². The summed E-state index contributed by atoms with van der Waals surface area (Å²) in [7, 11) is 0. The Bertz CT molecular complexity index is 682. The van der Waals surface area contributed by atoms with Crippen LogP contribution in [0.3, 0.4) is 0 Å². The standard InChI is InChI=1S/C19H26N4O2/c1-3-23(4-2)19(24)16-11-8-12-22(13-16)14-17-20-18(21-25-17)15-9-6-5-7-10-15/h5-7,9-10,16H,3-4,8,11-14H2,1-2H3/t16-/m0/s1. The highest BCUT2D eigenvalue weighted by Crippen LogP contribution is 2.21. The Balaban J connectivity index is 1.61. The molecule has 0 bridgehead atoms.